The van der Waals surface area contributed by atoms with Gasteiger partial charge in [-0.25, -0.2) is 0 Å². The Morgan fingerprint density at radius 3 is 2.67 bits per heavy atom. The largest absolute Gasteiger partial charge is 0.409 e. The summed E-state index contributed by atoms with van der Waals surface area (Å²) in [4.78, 5) is 0. The molecule has 106 valence electrons. The van der Waals surface area contributed by atoms with Crippen molar-refractivity contribution in [1.82, 2.24) is 5.32 Å². The van der Waals surface area contributed by atoms with Crippen molar-refractivity contribution in [3.63, 3.8) is 0 Å². The topological polar surface area (TPSA) is 70.6 Å². The molecule has 4 heteroatoms. The highest BCUT2D eigenvalue weighted by atomic mass is 16.4. The summed E-state index contributed by atoms with van der Waals surface area (Å²) in [5.74, 6) is 1.99. The van der Waals surface area contributed by atoms with Crippen molar-refractivity contribution in [2.75, 3.05) is 13.1 Å². The van der Waals surface area contributed by atoms with Gasteiger partial charge in [-0.05, 0) is 37.8 Å². The van der Waals surface area contributed by atoms with E-state index in [1.165, 1.54) is 25.7 Å². The molecule has 1 aliphatic carbocycles. The van der Waals surface area contributed by atoms with E-state index in [0.29, 0.717) is 5.84 Å². The van der Waals surface area contributed by atoms with Crippen LogP contribution in [0.15, 0.2) is 5.16 Å². The molecular weight excluding hydrogens is 226 g/mol. The van der Waals surface area contributed by atoms with Crippen LogP contribution in [0.5, 0.6) is 0 Å². The first-order valence-corrected chi connectivity index (χ1v) is 7.16. The van der Waals surface area contributed by atoms with E-state index < -0.39 is 0 Å². The molecule has 0 spiro atoms. The minimum absolute atomic E-state index is 0.236. The highest BCUT2D eigenvalue weighted by molar-refractivity contribution is 5.85. The molecule has 0 aliphatic heterocycles. The van der Waals surface area contributed by atoms with Gasteiger partial charge in [-0.2, -0.15) is 0 Å². The molecule has 1 saturated carbocycles. The molecule has 0 amide bonds. The molecule has 0 saturated heterocycles. The standard InChI is InChI=1S/C14H29N3O/c1-11-6-4-5-7-12(11)10-16-9-8-14(2,3)13(15)17-18/h11-12,16,18H,4-10H2,1-3H3,(H2,15,17). The number of nitrogens with one attached hydrogen (secondary N) is 1. The smallest absolute Gasteiger partial charge is 0.144 e. The maximum atomic E-state index is 8.71. The summed E-state index contributed by atoms with van der Waals surface area (Å²) in [6, 6.07) is 0. The second-order valence-corrected chi connectivity index (χ2v) is 6.35. The maximum Gasteiger partial charge on any atom is 0.144 e. The van der Waals surface area contributed by atoms with Gasteiger partial charge >= 0.3 is 0 Å². The zero-order valence-corrected chi connectivity index (χ0v) is 12.1. The van der Waals surface area contributed by atoms with Crippen LogP contribution in [0.2, 0.25) is 0 Å². The lowest BCUT2D eigenvalue weighted by Crippen LogP contribution is -2.36. The SMILES string of the molecule is CC1CCCCC1CNCCC(C)(C)C(N)=NO. The molecule has 0 radical (unpaired) electrons. The minimum atomic E-state index is -0.236. The van der Waals surface area contributed by atoms with Crippen LogP contribution in [0, 0.1) is 17.3 Å². The van der Waals surface area contributed by atoms with E-state index in [-0.39, 0.29) is 5.41 Å². The van der Waals surface area contributed by atoms with Gasteiger partial charge in [-0.3, -0.25) is 0 Å². The molecule has 0 aromatic rings. The fourth-order valence-corrected chi connectivity index (χ4v) is 2.65. The monoisotopic (exact) mass is 255 g/mol. The third kappa shape index (κ3) is 4.48. The number of amidine groups is 1. The summed E-state index contributed by atoms with van der Waals surface area (Å²) < 4.78 is 0. The van der Waals surface area contributed by atoms with Crippen LogP contribution in [0.25, 0.3) is 0 Å². The molecule has 2 unspecified atom stereocenters. The quantitative estimate of drug-likeness (QED) is 0.225. The molecular formula is C14H29N3O. The number of oxime groups is 1. The van der Waals surface area contributed by atoms with Gasteiger partial charge in [0.1, 0.15) is 5.84 Å². The minimum Gasteiger partial charge on any atom is -0.409 e. The van der Waals surface area contributed by atoms with E-state index in [2.05, 4.69) is 17.4 Å². The van der Waals surface area contributed by atoms with E-state index in [0.717, 1.165) is 31.3 Å². The summed E-state index contributed by atoms with van der Waals surface area (Å²) in [5, 5.41) is 15.3. The lowest BCUT2D eigenvalue weighted by atomic mass is 9.80. The molecule has 0 aromatic carbocycles. The Kier molecular flexibility index (Phi) is 5.93. The van der Waals surface area contributed by atoms with Crippen molar-refractivity contribution in [3.05, 3.63) is 0 Å². The van der Waals surface area contributed by atoms with Gasteiger partial charge in [0.05, 0.1) is 0 Å². The fraction of sp³-hybridized carbons (Fsp3) is 0.929. The average Bonchev–Trinajstić information content (AvgIpc) is 2.35. The van der Waals surface area contributed by atoms with Crippen molar-refractivity contribution in [1.29, 1.82) is 0 Å². The molecule has 18 heavy (non-hydrogen) atoms. The summed E-state index contributed by atoms with van der Waals surface area (Å²) in [7, 11) is 0. The van der Waals surface area contributed by atoms with Crippen LogP contribution < -0.4 is 11.1 Å². The van der Waals surface area contributed by atoms with Crippen molar-refractivity contribution >= 4 is 5.84 Å². The Morgan fingerprint density at radius 1 is 1.39 bits per heavy atom. The summed E-state index contributed by atoms with van der Waals surface area (Å²) >= 11 is 0. The van der Waals surface area contributed by atoms with Crippen molar-refractivity contribution in [2.45, 2.75) is 52.9 Å². The zero-order valence-electron chi connectivity index (χ0n) is 12.1. The van der Waals surface area contributed by atoms with E-state index in [9.17, 15) is 0 Å². The van der Waals surface area contributed by atoms with Gasteiger partial charge in [0.15, 0.2) is 0 Å². The summed E-state index contributed by atoms with van der Waals surface area (Å²) in [5.41, 5.74) is 5.43. The zero-order chi connectivity index (χ0) is 13.6. The second kappa shape index (κ2) is 6.98. The molecule has 4 nitrogen and oxygen atoms in total. The normalized spacial score (nSPS) is 26.3. The highest BCUT2D eigenvalue weighted by Crippen LogP contribution is 2.29. The van der Waals surface area contributed by atoms with Gasteiger partial charge < -0.3 is 16.3 Å². The first-order valence-electron chi connectivity index (χ1n) is 7.16. The lowest BCUT2D eigenvalue weighted by molar-refractivity contribution is 0.245. The van der Waals surface area contributed by atoms with Crippen LogP contribution in [-0.2, 0) is 0 Å². The molecule has 2 atom stereocenters. The molecule has 1 fully saturated rings. The average molecular weight is 255 g/mol. The van der Waals surface area contributed by atoms with Gasteiger partial charge in [-0.1, -0.05) is 45.2 Å². The molecule has 0 aromatic heterocycles. The summed E-state index contributed by atoms with van der Waals surface area (Å²) in [6.45, 7) is 8.41. The van der Waals surface area contributed by atoms with E-state index >= 15 is 0 Å². The Hall–Kier alpha value is -0.770. The fourth-order valence-electron chi connectivity index (χ4n) is 2.65. The lowest BCUT2D eigenvalue weighted by Gasteiger charge is -2.29. The van der Waals surface area contributed by atoms with Gasteiger partial charge in [0.2, 0.25) is 0 Å². The van der Waals surface area contributed by atoms with Crippen LogP contribution in [-0.4, -0.2) is 24.1 Å². The Balaban J connectivity index is 2.22. The first kappa shape index (κ1) is 15.3. The number of rotatable bonds is 6. The molecule has 1 aliphatic rings. The van der Waals surface area contributed by atoms with Crippen molar-refractivity contribution < 1.29 is 5.21 Å². The second-order valence-electron chi connectivity index (χ2n) is 6.35. The Bertz CT molecular complexity index is 276. The number of nitrogens with two attached hydrogens (primary N) is 1. The third-order valence-corrected chi connectivity index (χ3v) is 4.42. The highest BCUT2D eigenvalue weighted by Gasteiger charge is 2.24. The van der Waals surface area contributed by atoms with Crippen molar-refractivity contribution in [2.24, 2.45) is 28.1 Å². The predicted molar refractivity (Wildman–Crippen MR) is 75.8 cm³/mol. The van der Waals surface area contributed by atoms with Gasteiger partial charge in [0, 0.05) is 5.41 Å². The predicted octanol–water partition coefficient (Wildman–Crippen LogP) is 2.56. The van der Waals surface area contributed by atoms with Crippen molar-refractivity contribution in [3.8, 4) is 0 Å². The summed E-state index contributed by atoms with van der Waals surface area (Å²) in [6.07, 6.45) is 6.41. The Labute approximate surface area is 111 Å². The van der Waals surface area contributed by atoms with E-state index in [1.807, 2.05) is 13.8 Å². The van der Waals surface area contributed by atoms with Crippen LogP contribution in [0.1, 0.15) is 52.9 Å². The number of hydrogen-bond acceptors (Lipinski definition) is 3. The van der Waals surface area contributed by atoms with Gasteiger partial charge in [0.25, 0.3) is 0 Å². The first-order chi connectivity index (χ1) is 8.47. The van der Waals surface area contributed by atoms with Crippen LogP contribution in [0.3, 0.4) is 0 Å². The van der Waals surface area contributed by atoms with Gasteiger partial charge in [-0.15, -0.1) is 0 Å². The molecule has 1 rings (SSSR count). The van der Waals surface area contributed by atoms with E-state index in [4.69, 9.17) is 10.9 Å². The third-order valence-electron chi connectivity index (χ3n) is 4.42. The van der Waals surface area contributed by atoms with Crippen LogP contribution in [0.4, 0.5) is 0 Å². The molecule has 4 N–H and O–H groups in total. The number of hydrogen-bond donors (Lipinski definition) is 3. The Morgan fingerprint density at radius 2 is 2.06 bits per heavy atom. The van der Waals surface area contributed by atoms with E-state index in [1.54, 1.807) is 0 Å². The maximum absolute atomic E-state index is 8.71. The molecule has 0 heterocycles. The molecule has 0 bridgehead atoms. The van der Waals surface area contributed by atoms with Crippen LogP contribution >= 0.6 is 0 Å². The number of nitrogens with zero attached hydrogens (tertiary/aromatic N) is 1.